The number of nitrogens with zero attached hydrogens (tertiary/aromatic N) is 1. The van der Waals surface area contributed by atoms with Crippen LogP contribution in [0.3, 0.4) is 0 Å². The fraction of sp³-hybridized carbons (Fsp3) is 0.923. The SMILES string of the molecule is CCCCN1CCC(NC(=O)[C@H](N)CC)CC1. The molecule has 3 N–H and O–H groups in total. The molecule has 1 heterocycles. The van der Waals surface area contributed by atoms with Gasteiger partial charge >= 0.3 is 0 Å². The van der Waals surface area contributed by atoms with Gasteiger partial charge in [0.05, 0.1) is 6.04 Å². The highest BCUT2D eigenvalue weighted by molar-refractivity contribution is 5.81. The lowest BCUT2D eigenvalue weighted by molar-refractivity contribution is -0.123. The van der Waals surface area contributed by atoms with Crippen LogP contribution in [0.4, 0.5) is 0 Å². The van der Waals surface area contributed by atoms with E-state index in [0.29, 0.717) is 12.5 Å². The van der Waals surface area contributed by atoms with Gasteiger partial charge in [-0.2, -0.15) is 0 Å². The summed E-state index contributed by atoms with van der Waals surface area (Å²) in [4.78, 5) is 14.1. The van der Waals surface area contributed by atoms with Crippen molar-refractivity contribution in [2.45, 2.75) is 58.0 Å². The molecule has 4 nitrogen and oxygen atoms in total. The number of nitrogens with one attached hydrogen (secondary N) is 1. The topological polar surface area (TPSA) is 58.4 Å². The summed E-state index contributed by atoms with van der Waals surface area (Å²) < 4.78 is 0. The molecule has 0 aliphatic carbocycles. The molecule has 0 aromatic carbocycles. The van der Waals surface area contributed by atoms with Crippen molar-refractivity contribution in [3.8, 4) is 0 Å². The third-order valence-electron chi connectivity index (χ3n) is 3.54. The maximum Gasteiger partial charge on any atom is 0.237 e. The molecule has 1 amide bonds. The van der Waals surface area contributed by atoms with Crippen LogP contribution in [0.5, 0.6) is 0 Å². The van der Waals surface area contributed by atoms with Crippen LogP contribution >= 0.6 is 0 Å². The minimum absolute atomic E-state index is 0.0134. The van der Waals surface area contributed by atoms with E-state index in [4.69, 9.17) is 5.73 Å². The third kappa shape index (κ3) is 5.04. The highest BCUT2D eigenvalue weighted by Crippen LogP contribution is 2.11. The third-order valence-corrected chi connectivity index (χ3v) is 3.54. The van der Waals surface area contributed by atoms with Crippen LogP contribution in [0.25, 0.3) is 0 Å². The molecule has 0 unspecified atom stereocenters. The first-order valence-corrected chi connectivity index (χ1v) is 6.95. The summed E-state index contributed by atoms with van der Waals surface area (Å²) in [6, 6.07) is -0.00824. The maximum atomic E-state index is 11.6. The van der Waals surface area contributed by atoms with Gasteiger partial charge in [-0.15, -0.1) is 0 Å². The summed E-state index contributed by atoms with van der Waals surface area (Å²) in [6.07, 6.45) is 5.36. The first kappa shape index (κ1) is 14.5. The maximum absolute atomic E-state index is 11.6. The quantitative estimate of drug-likeness (QED) is 0.732. The first-order chi connectivity index (χ1) is 8.17. The number of unbranched alkanes of at least 4 members (excludes halogenated alkanes) is 1. The molecule has 0 saturated carbocycles. The number of rotatable bonds is 6. The molecule has 0 radical (unpaired) electrons. The summed E-state index contributed by atoms with van der Waals surface area (Å²) in [5.41, 5.74) is 5.70. The Morgan fingerprint density at radius 3 is 2.59 bits per heavy atom. The number of hydrogen-bond donors (Lipinski definition) is 2. The van der Waals surface area contributed by atoms with E-state index in [9.17, 15) is 4.79 Å². The number of amides is 1. The number of piperidine rings is 1. The summed E-state index contributed by atoms with van der Waals surface area (Å²) >= 11 is 0. The molecule has 1 rings (SSSR count). The van der Waals surface area contributed by atoms with Gasteiger partial charge in [-0.05, 0) is 32.2 Å². The van der Waals surface area contributed by atoms with E-state index < -0.39 is 0 Å². The number of carbonyl (C=O) groups excluding carboxylic acids is 1. The van der Waals surface area contributed by atoms with Crippen molar-refractivity contribution in [2.75, 3.05) is 19.6 Å². The second-order valence-corrected chi connectivity index (χ2v) is 4.99. The lowest BCUT2D eigenvalue weighted by Crippen LogP contribution is -2.49. The molecule has 0 aromatic rings. The minimum Gasteiger partial charge on any atom is -0.352 e. The van der Waals surface area contributed by atoms with Gasteiger partial charge in [-0.1, -0.05) is 20.3 Å². The zero-order valence-electron chi connectivity index (χ0n) is 11.2. The van der Waals surface area contributed by atoms with E-state index >= 15 is 0 Å². The van der Waals surface area contributed by atoms with Gasteiger partial charge in [0.15, 0.2) is 0 Å². The molecule has 1 saturated heterocycles. The summed E-state index contributed by atoms with van der Waals surface area (Å²) in [5.74, 6) is 0.0134. The number of likely N-dealkylation sites (tertiary alicyclic amines) is 1. The van der Waals surface area contributed by atoms with Gasteiger partial charge in [0.25, 0.3) is 0 Å². The lowest BCUT2D eigenvalue weighted by Gasteiger charge is -2.32. The summed E-state index contributed by atoms with van der Waals surface area (Å²) in [6.45, 7) is 7.57. The Kier molecular flexibility index (Phi) is 6.52. The molecule has 4 heteroatoms. The molecule has 0 bridgehead atoms. The molecule has 1 fully saturated rings. The second-order valence-electron chi connectivity index (χ2n) is 4.99. The first-order valence-electron chi connectivity index (χ1n) is 6.95. The molecular formula is C13H27N3O. The summed E-state index contributed by atoms with van der Waals surface area (Å²) in [5, 5.41) is 3.06. The van der Waals surface area contributed by atoms with Gasteiger partial charge < -0.3 is 16.0 Å². The monoisotopic (exact) mass is 241 g/mol. The van der Waals surface area contributed by atoms with Crippen LogP contribution in [0.15, 0.2) is 0 Å². The van der Waals surface area contributed by atoms with Crippen LogP contribution in [-0.4, -0.2) is 42.5 Å². The minimum atomic E-state index is -0.340. The molecule has 100 valence electrons. The zero-order valence-corrected chi connectivity index (χ0v) is 11.2. The Morgan fingerprint density at radius 1 is 1.41 bits per heavy atom. The predicted molar refractivity (Wildman–Crippen MR) is 70.8 cm³/mol. The van der Waals surface area contributed by atoms with Crippen molar-refractivity contribution in [2.24, 2.45) is 5.73 Å². The van der Waals surface area contributed by atoms with Crippen molar-refractivity contribution in [1.82, 2.24) is 10.2 Å². The van der Waals surface area contributed by atoms with Gasteiger partial charge in [0.2, 0.25) is 5.91 Å². The molecule has 1 atom stereocenters. The van der Waals surface area contributed by atoms with Gasteiger partial charge in [0, 0.05) is 19.1 Å². The smallest absolute Gasteiger partial charge is 0.237 e. The van der Waals surface area contributed by atoms with Crippen molar-refractivity contribution >= 4 is 5.91 Å². The van der Waals surface area contributed by atoms with E-state index in [0.717, 1.165) is 25.9 Å². The van der Waals surface area contributed by atoms with Crippen molar-refractivity contribution in [3.05, 3.63) is 0 Å². The number of hydrogen-bond acceptors (Lipinski definition) is 3. The van der Waals surface area contributed by atoms with Crippen LogP contribution in [-0.2, 0) is 4.79 Å². The Balaban J connectivity index is 2.20. The molecule has 1 aliphatic heterocycles. The highest BCUT2D eigenvalue weighted by Gasteiger charge is 2.21. The van der Waals surface area contributed by atoms with Gasteiger partial charge in [-0.25, -0.2) is 0 Å². The van der Waals surface area contributed by atoms with Crippen LogP contribution in [0.2, 0.25) is 0 Å². The van der Waals surface area contributed by atoms with E-state index in [1.807, 2.05) is 6.92 Å². The average molecular weight is 241 g/mol. The van der Waals surface area contributed by atoms with E-state index in [2.05, 4.69) is 17.1 Å². The average Bonchev–Trinajstić information content (AvgIpc) is 2.37. The van der Waals surface area contributed by atoms with Crippen molar-refractivity contribution in [1.29, 1.82) is 0 Å². The van der Waals surface area contributed by atoms with E-state index in [1.165, 1.54) is 19.4 Å². The molecule has 0 spiro atoms. The fourth-order valence-corrected chi connectivity index (χ4v) is 2.18. The molecule has 0 aromatic heterocycles. The Labute approximate surface area is 105 Å². The predicted octanol–water partition coefficient (Wildman–Crippen LogP) is 1.10. The van der Waals surface area contributed by atoms with Crippen molar-refractivity contribution in [3.63, 3.8) is 0 Å². The largest absolute Gasteiger partial charge is 0.352 e. The standard InChI is InChI=1S/C13H27N3O/c1-3-5-8-16-9-6-11(7-10-16)15-13(17)12(14)4-2/h11-12H,3-10,14H2,1-2H3,(H,15,17)/t12-/m1/s1. The molecule has 1 aliphatic rings. The molecule has 17 heavy (non-hydrogen) atoms. The van der Waals surface area contributed by atoms with Crippen LogP contribution in [0, 0.1) is 0 Å². The zero-order chi connectivity index (χ0) is 12.7. The normalized spacial score (nSPS) is 20.2. The van der Waals surface area contributed by atoms with E-state index in [1.54, 1.807) is 0 Å². The number of carbonyl (C=O) groups is 1. The Hall–Kier alpha value is -0.610. The lowest BCUT2D eigenvalue weighted by atomic mass is 10.0. The second kappa shape index (κ2) is 7.67. The fourth-order valence-electron chi connectivity index (χ4n) is 2.18. The number of nitrogens with two attached hydrogens (primary N) is 1. The van der Waals surface area contributed by atoms with Gasteiger partial charge in [-0.3, -0.25) is 4.79 Å². The Bertz CT molecular complexity index is 225. The Morgan fingerprint density at radius 2 is 2.06 bits per heavy atom. The highest BCUT2D eigenvalue weighted by atomic mass is 16.2. The molecular weight excluding hydrogens is 214 g/mol. The van der Waals surface area contributed by atoms with Crippen LogP contribution in [0.1, 0.15) is 46.0 Å². The van der Waals surface area contributed by atoms with Crippen molar-refractivity contribution < 1.29 is 4.79 Å². The van der Waals surface area contributed by atoms with Gasteiger partial charge in [0.1, 0.15) is 0 Å². The summed E-state index contributed by atoms with van der Waals surface area (Å²) in [7, 11) is 0. The van der Waals surface area contributed by atoms with Crippen LogP contribution < -0.4 is 11.1 Å². The van der Waals surface area contributed by atoms with E-state index in [-0.39, 0.29) is 11.9 Å².